The first-order chi connectivity index (χ1) is 13.8. The first-order valence-corrected chi connectivity index (χ1v) is 10.8. The van der Waals surface area contributed by atoms with Crippen molar-refractivity contribution in [3.05, 3.63) is 46.1 Å². The van der Waals surface area contributed by atoms with E-state index in [2.05, 4.69) is 33.8 Å². The normalized spacial score (nSPS) is 22.6. The van der Waals surface area contributed by atoms with Crippen LogP contribution in [0.1, 0.15) is 79.1 Å². The van der Waals surface area contributed by atoms with Gasteiger partial charge in [0, 0.05) is 18.1 Å². The average Bonchev–Trinajstić information content (AvgIpc) is 3.03. The van der Waals surface area contributed by atoms with Gasteiger partial charge in [-0.05, 0) is 69.8 Å². The molecule has 1 N–H and O–H groups in total. The zero-order valence-electron chi connectivity index (χ0n) is 18.4. The molecule has 0 bridgehead atoms. The van der Waals surface area contributed by atoms with Crippen LogP contribution in [0.5, 0.6) is 0 Å². The standard InChI is InChI=1S/C25H36O4/c1-18(10-12-22-19(2)8-6-14-25(22,3)4)7-5-9-20(16-26)11-13-23-21(17-27)15-24(28)29-23/h7,11,15-16,23,27H,5-6,8-10,12-14,17H2,1-4H3/b18-7+,20-11+/t23-/m1/s1. The zero-order chi connectivity index (χ0) is 21.4. The monoisotopic (exact) mass is 400 g/mol. The summed E-state index contributed by atoms with van der Waals surface area (Å²) in [6.07, 6.45) is 13.7. The predicted molar refractivity (Wildman–Crippen MR) is 116 cm³/mol. The van der Waals surface area contributed by atoms with Crippen LogP contribution in [-0.2, 0) is 14.3 Å². The predicted octanol–water partition coefficient (Wildman–Crippen LogP) is 5.38. The Morgan fingerprint density at radius 3 is 2.72 bits per heavy atom. The van der Waals surface area contributed by atoms with Gasteiger partial charge in [-0.1, -0.05) is 42.7 Å². The molecule has 1 aliphatic carbocycles. The summed E-state index contributed by atoms with van der Waals surface area (Å²) in [5.41, 5.74) is 6.17. The molecule has 1 atom stereocenters. The maximum absolute atomic E-state index is 11.4. The van der Waals surface area contributed by atoms with Crippen LogP contribution in [0.3, 0.4) is 0 Å². The van der Waals surface area contributed by atoms with Gasteiger partial charge in [-0.25, -0.2) is 4.79 Å². The minimum absolute atomic E-state index is 0.199. The van der Waals surface area contributed by atoms with Crippen LogP contribution in [-0.4, -0.2) is 30.1 Å². The Kier molecular flexibility index (Phi) is 8.63. The molecule has 4 nitrogen and oxygen atoms in total. The van der Waals surface area contributed by atoms with Gasteiger partial charge < -0.3 is 9.84 Å². The lowest BCUT2D eigenvalue weighted by Crippen LogP contribution is -2.20. The van der Waals surface area contributed by atoms with E-state index >= 15 is 0 Å². The molecule has 0 saturated heterocycles. The SMILES string of the molecule is CC1=C(CC/C(C)=C/CC/C(C=O)=C\C[C@H]2OC(=O)C=C2CO)C(C)(C)CCC1. The third kappa shape index (κ3) is 6.81. The van der Waals surface area contributed by atoms with Gasteiger partial charge in [0.2, 0.25) is 0 Å². The number of aliphatic hydroxyl groups excluding tert-OH is 1. The second-order valence-electron chi connectivity index (χ2n) is 9.02. The third-order valence-corrected chi connectivity index (χ3v) is 6.28. The summed E-state index contributed by atoms with van der Waals surface area (Å²) in [5.74, 6) is -0.426. The van der Waals surface area contributed by atoms with E-state index in [0.717, 1.165) is 25.5 Å². The number of carbonyl (C=O) groups excluding carboxylic acids is 2. The maximum Gasteiger partial charge on any atom is 0.331 e. The molecular weight excluding hydrogens is 364 g/mol. The second-order valence-corrected chi connectivity index (χ2v) is 9.02. The molecule has 2 aliphatic rings. The lowest BCUT2D eigenvalue weighted by atomic mass is 9.71. The van der Waals surface area contributed by atoms with E-state index in [0.29, 0.717) is 29.4 Å². The van der Waals surface area contributed by atoms with E-state index in [1.807, 2.05) is 6.08 Å². The molecule has 0 amide bonds. The van der Waals surface area contributed by atoms with Gasteiger partial charge in [0.05, 0.1) is 6.61 Å². The Hall–Kier alpha value is -1.94. The van der Waals surface area contributed by atoms with Gasteiger partial charge in [0.1, 0.15) is 12.4 Å². The molecule has 0 radical (unpaired) electrons. The van der Waals surface area contributed by atoms with Crippen molar-refractivity contribution in [1.29, 1.82) is 0 Å². The van der Waals surface area contributed by atoms with Crippen molar-refractivity contribution in [1.82, 2.24) is 0 Å². The Morgan fingerprint density at radius 1 is 1.31 bits per heavy atom. The quantitative estimate of drug-likeness (QED) is 0.231. The smallest absolute Gasteiger partial charge is 0.331 e. The van der Waals surface area contributed by atoms with Crippen molar-refractivity contribution >= 4 is 12.3 Å². The average molecular weight is 401 g/mol. The van der Waals surface area contributed by atoms with Gasteiger partial charge >= 0.3 is 5.97 Å². The van der Waals surface area contributed by atoms with Crippen molar-refractivity contribution in [3.8, 4) is 0 Å². The highest BCUT2D eigenvalue weighted by Crippen LogP contribution is 2.42. The summed E-state index contributed by atoms with van der Waals surface area (Å²) in [7, 11) is 0. The fourth-order valence-corrected chi connectivity index (χ4v) is 4.44. The third-order valence-electron chi connectivity index (χ3n) is 6.28. The molecule has 0 saturated carbocycles. The summed E-state index contributed by atoms with van der Waals surface area (Å²) in [6, 6.07) is 0. The van der Waals surface area contributed by atoms with Crippen molar-refractivity contribution < 1.29 is 19.4 Å². The molecule has 160 valence electrons. The Labute approximate surface area is 175 Å². The summed E-state index contributed by atoms with van der Waals surface area (Å²) < 4.78 is 5.15. The molecule has 0 unspecified atom stereocenters. The molecule has 0 fully saturated rings. The fraction of sp³-hybridized carbons (Fsp3) is 0.600. The van der Waals surface area contributed by atoms with E-state index in [1.165, 1.54) is 30.9 Å². The first-order valence-electron chi connectivity index (χ1n) is 10.8. The van der Waals surface area contributed by atoms with E-state index in [9.17, 15) is 14.7 Å². The summed E-state index contributed by atoms with van der Waals surface area (Å²) in [6.45, 7) is 8.99. The molecule has 0 spiro atoms. The summed E-state index contributed by atoms with van der Waals surface area (Å²) in [5, 5.41) is 9.27. The van der Waals surface area contributed by atoms with Gasteiger partial charge in [0.25, 0.3) is 0 Å². The van der Waals surface area contributed by atoms with Gasteiger partial charge in [-0.3, -0.25) is 4.79 Å². The Balaban J connectivity index is 1.83. The molecule has 0 aromatic rings. The van der Waals surface area contributed by atoms with Gasteiger partial charge in [-0.2, -0.15) is 0 Å². The van der Waals surface area contributed by atoms with Crippen LogP contribution in [0.25, 0.3) is 0 Å². The van der Waals surface area contributed by atoms with E-state index in [-0.39, 0.29) is 6.61 Å². The minimum Gasteiger partial charge on any atom is -0.454 e. The number of aldehydes is 1. The van der Waals surface area contributed by atoms with Crippen LogP contribution < -0.4 is 0 Å². The van der Waals surface area contributed by atoms with Gasteiger partial charge in [-0.15, -0.1) is 0 Å². The molecular formula is C25H36O4. The molecule has 2 rings (SSSR count). The lowest BCUT2D eigenvalue weighted by Gasteiger charge is -2.35. The number of hydrogen-bond donors (Lipinski definition) is 1. The number of ether oxygens (including phenoxy) is 1. The van der Waals surface area contributed by atoms with E-state index in [4.69, 9.17) is 4.74 Å². The minimum atomic E-state index is -0.449. The molecule has 0 aromatic heterocycles. The summed E-state index contributed by atoms with van der Waals surface area (Å²) >= 11 is 0. The van der Waals surface area contributed by atoms with Crippen LogP contribution in [0.15, 0.2) is 46.1 Å². The number of cyclic esters (lactones) is 1. The zero-order valence-corrected chi connectivity index (χ0v) is 18.4. The van der Waals surface area contributed by atoms with Crippen molar-refractivity contribution in [2.75, 3.05) is 6.61 Å². The van der Waals surface area contributed by atoms with Crippen LogP contribution in [0, 0.1) is 5.41 Å². The van der Waals surface area contributed by atoms with E-state index < -0.39 is 12.1 Å². The Bertz CT molecular complexity index is 734. The highest BCUT2D eigenvalue weighted by atomic mass is 16.5. The lowest BCUT2D eigenvalue weighted by molar-refractivity contribution is -0.138. The number of aliphatic hydroxyl groups is 1. The molecule has 1 heterocycles. The number of esters is 1. The molecule has 0 aromatic carbocycles. The van der Waals surface area contributed by atoms with Crippen molar-refractivity contribution in [2.24, 2.45) is 5.41 Å². The number of carbonyl (C=O) groups is 2. The summed E-state index contributed by atoms with van der Waals surface area (Å²) in [4.78, 5) is 22.7. The fourth-order valence-electron chi connectivity index (χ4n) is 4.44. The molecule has 1 aliphatic heterocycles. The molecule has 29 heavy (non-hydrogen) atoms. The highest BCUT2D eigenvalue weighted by Gasteiger charge is 2.27. The second kappa shape index (κ2) is 10.7. The number of allylic oxidation sites excluding steroid dienone is 5. The largest absolute Gasteiger partial charge is 0.454 e. The number of hydrogen-bond acceptors (Lipinski definition) is 4. The first kappa shape index (κ1) is 23.3. The van der Waals surface area contributed by atoms with Crippen LogP contribution in [0.4, 0.5) is 0 Å². The van der Waals surface area contributed by atoms with E-state index in [1.54, 1.807) is 11.1 Å². The molecule has 4 heteroatoms. The topological polar surface area (TPSA) is 63.6 Å². The maximum atomic E-state index is 11.4. The van der Waals surface area contributed by atoms with Gasteiger partial charge in [0.15, 0.2) is 0 Å². The number of rotatable bonds is 10. The highest BCUT2D eigenvalue weighted by molar-refractivity contribution is 5.86. The van der Waals surface area contributed by atoms with Crippen LogP contribution >= 0.6 is 0 Å². The van der Waals surface area contributed by atoms with Crippen LogP contribution in [0.2, 0.25) is 0 Å². The van der Waals surface area contributed by atoms with Crippen molar-refractivity contribution in [3.63, 3.8) is 0 Å². The van der Waals surface area contributed by atoms with Crippen molar-refractivity contribution in [2.45, 2.75) is 85.2 Å². The Morgan fingerprint density at radius 2 is 2.07 bits per heavy atom.